The van der Waals surface area contributed by atoms with E-state index in [9.17, 15) is 4.79 Å². The number of hydrogen-bond donors (Lipinski definition) is 1. The van der Waals surface area contributed by atoms with Crippen LogP contribution in [-0.4, -0.2) is 25.9 Å². The average Bonchev–Trinajstić information content (AvgIpc) is 3.27. The molecular weight excluding hydrogens is 446 g/mol. The van der Waals surface area contributed by atoms with E-state index in [4.69, 9.17) is 4.42 Å². The van der Waals surface area contributed by atoms with Gasteiger partial charge >= 0.3 is 0 Å². The molecule has 8 heteroatoms. The number of halogens is 1. The van der Waals surface area contributed by atoms with E-state index in [1.807, 2.05) is 69.3 Å². The van der Waals surface area contributed by atoms with E-state index in [2.05, 4.69) is 36.5 Å². The molecule has 0 aliphatic carbocycles. The van der Waals surface area contributed by atoms with Crippen LogP contribution in [0.4, 0.5) is 5.69 Å². The Morgan fingerprint density at radius 3 is 2.57 bits per heavy atom. The van der Waals surface area contributed by atoms with E-state index >= 15 is 0 Å². The van der Waals surface area contributed by atoms with Gasteiger partial charge in [0.1, 0.15) is 11.5 Å². The molecule has 0 fully saturated rings. The van der Waals surface area contributed by atoms with Crippen LogP contribution < -0.4 is 5.32 Å². The van der Waals surface area contributed by atoms with Gasteiger partial charge in [0, 0.05) is 15.7 Å². The molecule has 0 atom stereocenters. The zero-order chi connectivity index (χ0) is 21.3. The molecule has 152 valence electrons. The van der Waals surface area contributed by atoms with Crippen LogP contribution in [0.25, 0.3) is 11.5 Å². The van der Waals surface area contributed by atoms with Crippen LogP contribution in [0.2, 0.25) is 0 Å². The Morgan fingerprint density at radius 2 is 1.83 bits per heavy atom. The largest absolute Gasteiger partial charge is 0.441 e. The van der Waals surface area contributed by atoms with Crippen molar-refractivity contribution in [1.29, 1.82) is 0 Å². The number of nitrogens with zero attached hydrogens (tertiary/aromatic N) is 4. The molecule has 30 heavy (non-hydrogen) atoms. The maximum atomic E-state index is 12.6. The van der Waals surface area contributed by atoms with Crippen molar-refractivity contribution in [3.63, 3.8) is 0 Å². The molecule has 0 bridgehead atoms. The lowest BCUT2D eigenvalue weighted by Gasteiger charge is -2.04. The van der Waals surface area contributed by atoms with Crippen LogP contribution in [0.15, 0.2) is 57.4 Å². The highest BCUT2D eigenvalue weighted by atomic mass is 79.9. The molecule has 0 saturated heterocycles. The quantitative estimate of drug-likeness (QED) is 0.451. The van der Waals surface area contributed by atoms with Gasteiger partial charge in [-0.1, -0.05) is 39.3 Å². The van der Waals surface area contributed by atoms with Gasteiger partial charge in [0.2, 0.25) is 5.89 Å². The van der Waals surface area contributed by atoms with Gasteiger partial charge in [-0.05, 0) is 56.7 Å². The second-order valence-corrected chi connectivity index (χ2v) is 7.89. The molecule has 0 spiro atoms. The van der Waals surface area contributed by atoms with Crippen LogP contribution in [0.5, 0.6) is 0 Å². The van der Waals surface area contributed by atoms with Crippen molar-refractivity contribution in [3.8, 4) is 11.5 Å². The van der Waals surface area contributed by atoms with Crippen molar-refractivity contribution in [2.45, 2.75) is 27.3 Å². The molecule has 0 saturated carbocycles. The third kappa shape index (κ3) is 4.04. The fraction of sp³-hybridized carbons (Fsp3) is 0.182. The fourth-order valence-electron chi connectivity index (χ4n) is 3.09. The molecule has 4 aromatic rings. The van der Waals surface area contributed by atoms with E-state index in [0.717, 1.165) is 21.3 Å². The first-order valence-corrected chi connectivity index (χ1v) is 10.2. The van der Waals surface area contributed by atoms with Crippen LogP contribution in [0.3, 0.4) is 0 Å². The van der Waals surface area contributed by atoms with Gasteiger partial charge in [0.05, 0.1) is 12.2 Å². The number of carbonyl (C=O) groups is 1. The molecule has 2 aromatic heterocycles. The molecule has 1 N–H and O–H groups in total. The van der Waals surface area contributed by atoms with Crippen LogP contribution >= 0.6 is 15.9 Å². The minimum atomic E-state index is -0.307. The van der Waals surface area contributed by atoms with Crippen LogP contribution in [0, 0.1) is 20.8 Å². The number of hydrogen-bond acceptors (Lipinski definition) is 5. The van der Waals surface area contributed by atoms with Crippen LogP contribution in [0.1, 0.15) is 33.2 Å². The summed E-state index contributed by atoms with van der Waals surface area (Å²) >= 11 is 3.38. The number of oxazole rings is 1. The lowest BCUT2D eigenvalue weighted by atomic mass is 10.1. The summed E-state index contributed by atoms with van der Waals surface area (Å²) in [5.74, 6) is 0.981. The summed E-state index contributed by atoms with van der Waals surface area (Å²) in [7, 11) is 0. The molecule has 0 unspecified atom stereocenters. The number of nitrogens with one attached hydrogen (secondary N) is 1. The lowest BCUT2D eigenvalue weighted by Crippen LogP contribution is -2.14. The summed E-state index contributed by atoms with van der Waals surface area (Å²) in [4.78, 5) is 17.3. The highest BCUT2D eigenvalue weighted by Crippen LogP contribution is 2.25. The molecule has 1 amide bonds. The predicted molar refractivity (Wildman–Crippen MR) is 117 cm³/mol. The van der Waals surface area contributed by atoms with E-state index in [1.165, 1.54) is 0 Å². The fourth-order valence-corrected chi connectivity index (χ4v) is 3.35. The molecule has 0 radical (unpaired) electrons. The molecule has 7 nitrogen and oxygen atoms in total. The van der Waals surface area contributed by atoms with E-state index < -0.39 is 0 Å². The molecule has 2 heterocycles. The van der Waals surface area contributed by atoms with Gasteiger partial charge in [-0.15, -0.1) is 5.10 Å². The van der Waals surface area contributed by atoms with Gasteiger partial charge in [0.15, 0.2) is 5.69 Å². The summed E-state index contributed by atoms with van der Waals surface area (Å²) in [5, 5.41) is 11.0. The minimum Gasteiger partial charge on any atom is -0.441 e. The van der Waals surface area contributed by atoms with Gasteiger partial charge in [-0.3, -0.25) is 4.79 Å². The molecular formula is C22H20BrN5O2. The highest BCUT2D eigenvalue weighted by Gasteiger charge is 2.19. The average molecular weight is 466 g/mol. The summed E-state index contributed by atoms with van der Waals surface area (Å²) in [5.41, 5.74) is 4.42. The summed E-state index contributed by atoms with van der Waals surface area (Å²) in [6.07, 6.45) is 0. The number of anilines is 1. The number of rotatable bonds is 5. The third-order valence-electron chi connectivity index (χ3n) is 4.87. The van der Waals surface area contributed by atoms with Gasteiger partial charge in [-0.25, -0.2) is 9.67 Å². The van der Waals surface area contributed by atoms with Gasteiger partial charge < -0.3 is 9.73 Å². The summed E-state index contributed by atoms with van der Waals surface area (Å²) in [6.45, 7) is 6.07. The summed E-state index contributed by atoms with van der Waals surface area (Å²) < 4.78 is 8.48. The number of aryl methyl sites for hydroxylation is 2. The zero-order valence-electron chi connectivity index (χ0n) is 16.8. The number of amides is 1. The van der Waals surface area contributed by atoms with Crippen molar-refractivity contribution in [2.75, 3.05) is 5.32 Å². The first-order valence-electron chi connectivity index (χ1n) is 9.41. The standard InChI is InChI=1S/C22H20BrN5O2/c1-13-6-4-5-7-18(13)22-25-19(15(3)30-22)12-28-14(2)20(26-27-28)21(29)24-17-10-8-16(23)9-11-17/h4-11H,12H2,1-3H3,(H,24,29). The number of carbonyl (C=O) groups excluding carboxylic acids is 1. The predicted octanol–water partition coefficient (Wildman–Crippen LogP) is 4.92. The highest BCUT2D eigenvalue weighted by molar-refractivity contribution is 9.10. The maximum Gasteiger partial charge on any atom is 0.278 e. The first-order chi connectivity index (χ1) is 14.4. The smallest absolute Gasteiger partial charge is 0.278 e. The Hall–Kier alpha value is -3.26. The van der Waals surface area contributed by atoms with Crippen molar-refractivity contribution >= 4 is 27.5 Å². The first kappa shape index (κ1) is 20.0. The Balaban J connectivity index is 1.54. The molecule has 2 aromatic carbocycles. The Labute approximate surface area is 182 Å². The Morgan fingerprint density at radius 1 is 1.10 bits per heavy atom. The SMILES string of the molecule is Cc1ccccc1-c1nc(Cn2nnc(C(=O)Nc3ccc(Br)cc3)c2C)c(C)o1. The molecule has 4 rings (SSSR count). The molecule has 0 aliphatic heterocycles. The Kier molecular flexibility index (Phi) is 5.50. The number of aromatic nitrogens is 4. The van der Waals surface area contributed by atoms with Crippen LogP contribution in [-0.2, 0) is 6.54 Å². The second kappa shape index (κ2) is 8.23. The van der Waals surface area contributed by atoms with Gasteiger partial charge in [-0.2, -0.15) is 0 Å². The zero-order valence-corrected chi connectivity index (χ0v) is 18.4. The van der Waals surface area contributed by atoms with E-state index in [1.54, 1.807) is 4.68 Å². The van der Waals surface area contributed by atoms with Crippen molar-refractivity contribution in [2.24, 2.45) is 0 Å². The van der Waals surface area contributed by atoms with E-state index in [0.29, 0.717) is 29.6 Å². The second-order valence-electron chi connectivity index (χ2n) is 6.98. The topological polar surface area (TPSA) is 85.8 Å². The maximum absolute atomic E-state index is 12.6. The minimum absolute atomic E-state index is 0.276. The van der Waals surface area contributed by atoms with Crippen molar-refractivity contribution in [3.05, 3.63) is 81.4 Å². The van der Waals surface area contributed by atoms with Crippen molar-refractivity contribution < 1.29 is 9.21 Å². The lowest BCUT2D eigenvalue weighted by molar-refractivity contribution is 0.102. The van der Waals surface area contributed by atoms with Crippen molar-refractivity contribution in [1.82, 2.24) is 20.0 Å². The normalized spacial score (nSPS) is 10.9. The Bertz CT molecular complexity index is 1210. The number of benzene rings is 2. The van der Waals surface area contributed by atoms with Gasteiger partial charge in [0.25, 0.3) is 5.91 Å². The third-order valence-corrected chi connectivity index (χ3v) is 5.40. The monoisotopic (exact) mass is 465 g/mol. The molecule has 0 aliphatic rings. The van der Waals surface area contributed by atoms with E-state index in [-0.39, 0.29) is 11.6 Å². The summed E-state index contributed by atoms with van der Waals surface area (Å²) in [6, 6.07) is 15.3.